The van der Waals surface area contributed by atoms with Gasteiger partial charge in [0.25, 0.3) is 0 Å². The summed E-state index contributed by atoms with van der Waals surface area (Å²) in [6.45, 7) is 6.83. The lowest BCUT2D eigenvalue weighted by molar-refractivity contribution is -0.0108. The van der Waals surface area contributed by atoms with Gasteiger partial charge in [0.15, 0.2) is 0 Å². The van der Waals surface area contributed by atoms with Crippen molar-refractivity contribution in [2.75, 3.05) is 31.3 Å². The molecule has 0 bridgehead atoms. The van der Waals surface area contributed by atoms with Crippen molar-refractivity contribution < 1.29 is 19.4 Å². The lowest BCUT2D eigenvalue weighted by Crippen LogP contribution is -2.50. The molecule has 2 heterocycles. The molecule has 21 heavy (non-hydrogen) atoms. The van der Waals surface area contributed by atoms with Gasteiger partial charge in [-0.05, 0) is 20.8 Å². The average Bonchev–Trinajstić information content (AvgIpc) is 2.47. The highest BCUT2D eigenvalue weighted by atomic mass is 16.5. The van der Waals surface area contributed by atoms with E-state index in [1.54, 1.807) is 13.8 Å². The van der Waals surface area contributed by atoms with Gasteiger partial charge in [-0.15, -0.1) is 0 Å². The molecule has 7 nitrogen and oxygen atoms in total. The summed E-state index contributed by atoms with van der Waals surface area (Å²) in [5.74, 6) is 0.125. The third-order valence-corrected chi connectivity index (χ3v) is 3.43. The Morgan fingerprint density at radius 3 is 3.00 bits per heavy atom. The average molecular weight is 295 g/mol. The summed E-state index contributed by atoms with van der Waals surface area (Å²) in [5.41, 5.74) is 0.956. The molecule has 0 radical (unpaired) electrons. The van der Waals surface area contributed by atoms with Gasteiger partial charge in [-0.25, -0.2) is 14.8 Å². The lowest BCUT2D eigenvalue weighted by Gasteiger charge is -2.37. The molecule has 1 N–H and O–H groups in total. The number of aliphatic hydroxyl groups is 1. The number of esters is 1. The third kappa shape index (κ3) is 3.48. The maximum Gasteiger partial charge on any atom is 0.341 e. The van der Waals surface area contributed by atoms with E-state index in [0.717, 1.165) is 0 Å². The first-order valence-corrected chi connectivity index (χ1v) is 7.06. The van der Waals surface area contributed by atoms with Gasteiger partial charge in [-0.1, -0.05) is 0 Å². The van der Waals surface area contributed by atoms with E-state index in [2.05, 4.69) is 9.97 Å². The van der Waals surface area contributed by atoms with Gasteiger partial charge in [-0.2, -0.15) is 0 Å². The summed E-state index contributed by atoms with van der Waals surface area (Å²) in [7, 11) is 0. The Morgan fingerprint density at radius 1 is 1.62 bits per heavy atom. The number of morpholine rings is 1. The smallest absolute Gasteiger partial charge is 0.341 e. The quantitative estimate of drug-likeness (QED) is 0.812. The van der Waals surface area contributed by atoms with Gasteiger partial charge < -0.3 is 19.5 Å². The van der Waals surface area contributed by atoms with E-state index in [0.29, 0.717) is 37.0 Å². The number of ether oxygens (including phenoxy) is 2. The Balaban J connectivity index is 2.20. The van der Waals surface area contributed by atoms with Crippen molar-refractivity contribution in [3.63, 3.8) is 0 Å². The van der Waals surface area contributed by atoms with Crippen LogP contribution in [0.3, 0.4) is 0 Å². The van der Waals surface area contributed by atoms with Crippen LogP contribution in [0.1, 0.15) is 29.9 Å². The number of aromatic nitrogens is 2. The van der Waals surface area contributed by atoms with E-state index in [1.165, 1.54) is 6.20 Å². The highest BCUT2D eigenvalue weighted by Crippen LogP contribution is 2.19. The fourth-order valence-electron chi connectivity index (χ4n) is 2.21. The first-order valence-electron chi connectivity index (χ1n) is 7.06. The monoisotopic (exact) mass is 295 g/mol. The van der Waals surface area contributed by atoms with Crippen LogP contribution in [-0.2, 0) is 9.47 Å². The number of rotatable bonds is 4. The molecule has 2 rings (SSSR count). The van der Waals surface area contributed by atoms with E-state index < -0.39 is 5.97 Å². The molecule has 1 aliphatic rings. The third-order valence-electron chi connectivity index (χ3n) is 3.43. The van der Waals surface area contributed by atoms with E-state index in [1.807, 2.05) is 11.8 Å². The minimum absolute atomic E-state index is 0.0386. The number of carbonyl (C=O) groups excluding carboxylic acids is 1. The summed E-state index contributed by atoms with van der Waals surface area (Å²) in [4.78, 5) is 22.4. The van der Waals surface area contributed by atoms with Crippen molar-refractivity contribution in [1.29, 1.82) is 0 Å². The largest absolute Gasteiger partial charge is 0.462 e. The van der Waals surface area contributed by atoms with Crippen LogP contribution in [0.2, 0.25) is 0 Å². The second-order valence-corrected chi connectivity index (χ2v) is 5.03. The van der Waals surface area contributed by atoms with Gasteiger partial charge in [0.05, 0.1) is 43.2 Å². The normalized spacial score (nSPS) is 22.2. The molecule has 0 aliphatic carbocycles. The van der Waals surface area contributed by atoms with E-state index in [-0.39, 0.29) is 18.8 Å². The molecule has 116 valence electrons. The van der Waals surface area contributed by atoms with Crippen LogP contribution in [0.5, 0.6) is 0 Å². The molecule has 1 fully saturated rings. The van der Waals surface area contributed by atoms with Crippen LogP contribution >= 0.6 is 0 Å². The summed E-state index contributed by atoms with van der Waals surface area (Å²) >= 11 is 0. The molecule has 1 saturated heterocycles. The van der Waals surface area contributed by atoms with E-state index >= 15 is 0 Å². The number of hydrogen-bond donors (Lipinski definition) is 1. The zero-order valence-corrected chi connectivity index (χ0v) is 12.6. The summed E-state index contributed by atoms with van der Waals surface area (Å²) in [5, 5.41) is 9.22. The van der Waals surface area contributed by atoms with E-state index in [9.17, 15) is 9.90 Å². The van der Waals surface area contributed by atoms with Crippen LogP contribution in [-0.4, -0.2) is 59.6 Å². The van der Waals surface area contributed by atoms with Crippen LogP contribution in [0.15, 0.2) is 6.20 Å². The minimum Gasteiger partial charge on any atom is -0.462 e. The molecule has 0 aromatic carbocycles. The number of aliphatic hydroxyl groups excluding tert-OH is 1. The van der Waals surface area contributed by atoms with E-state index in [4.69, 9.17) is 9.47 Å². The highest BCUT2D eigenvalue weighted by molar-refractivity contribution is 5.90. The van der Waals surface area contributed by atoms with Crippen molar-refractivity contribution in [3.8, 4) is 0 Å². The molecule has 0 amide bonds. The molecule has 1 aromatic rings. The highest BCUT2D eigenvalue weighted by Gasteiger charge is 2.28. The molecule has 7 heteroatoms. The predicted molar refractivity (Wildman–Crippen MR) is 76.4 cm³/mol. The second kappa shape index (κ2) is 6.82. The zero-order valence-electron chi connectivity index (χ0n) is 12.6. The van der Waals surface area contributed by atoms with Gasteiger partial charge in [-0.3, -0.25) is 0 Å². The first-order chi connectivity index (χ1) is 10.1. The van der Waals surface area contributed by atoms with Gasteiger partial charge in [0.1, 0.15) is 0 Å². The lowest BCUT2D eigenvalue weighted by atomic mass is 10.2. The maximum absolute atomic E-state index is 11.7. The summed E-state index contributed by atoms with van der Waals surface area (Å²) < 4.78 is 10.5. The molecule has 2 unspecified atom stereocenters. The Morgan fingerprint density at radius 2 is 2.38 bits per heavy atom. The van der Waals surface area contributed by atoms with Crippen LogP contribution in [0.4, 0.5) is 5.95 Å². The molecular weight excluding hydrogens is 274 g/mol. The first kappa shape index (κ1) is 15.7. The molecule has 1 aromatic heterocycles. The minimum atomic E-state index is -0.412. The topological polar surface area (TPSA) is 84.8 Å². The van der Waals surface area contributed by atoms with Gasteiger partial charge >= 0.3 is 5.97 Å². The molecule has 0 spiro atoms. The van der Waals surface area contributed by atoms with Crippen molar-refractivity contribution >= 4 is 11.9 Å². The number of anilines is 1. The van der Waals surface area contributed by atoms with Crippen LogP contribution in [0.25, 0.3) is 0 Å². The maximum atomic E-state index is 11.7. The Labute approximate surface area is 123 Å². The van der Waals surface area contributed by atoms with Crippen LogP contribution in [0, 0.1) is 6.92 Å². The van der Waals surface area contributed by atoms with Crippen molar-refractivity contribution in [2.45, 2.75) is 32.9 Å². The van der Waals surface area contributed by atoms with Gasteiger partial charge in [0.2, 0.25) is 5.95 Å². The van der Waals surface area contributed by atoms with Crippen molar-refractivity contribution in [3.05, 3.63) is 17.5 Å². The van der Waals surface area contributed by atoms with Crippen molar-refractivity contribution in [2.24, 2.45) is 0 Å². The number of nitrogens with zero attached hydrogens (tertiary/aromatic N) is 3. The van der Waals surface area contributed by atoms with Crippen LogP contribution < -0.4 is 4.90 Å². The molecule has 1 aliphatic heterocycles. The summed E-state index contributed by atoms with van der Waals surface area (Å²) in [6.07, 6.45) is 1.25. The second-order valence-electron chi connectivity index (χ2n) is 5.03. The summed E-state index contributed by atoms with van der Waals surface area (Å²) in [6, 6.07) is 0.112. The molecule has 2 atom stereocenters. The zero-order chi connectivity index (χ0) is 15.4. The standard InChI is InChI=1S/C14H21N3O4/c1-4-20-13(19)12-5-15-14(16-10(12)3)17-6-11(7-18)21-8-9(17)2/h5,9,11,18H,4,6-8H2,1-3H3. The molecule has 0 saturated carbocycles. The fraction of sp³-hybridized carbons (Fsp3) is 0.643. The SMILES string of the molecule is CCOC(=O)c1cnc(N2CC(CO)OCC2C)nc1C. The van der Waals surface area contributed by atoms with Gasteiger partial charge in [0, 0.05) is 12.7 Å². The number of carbonyl (C=O) groups is 1. The van der Waals surface area contributed by atoms with Crippen molar-refractivity contribution in [1.82, 2.24) is 9.97 Å². The fourth-order valence-corrected chi connectivity index (χ4v) is 2.21. The Bertz CT molecular complexity index is 509. The Kier molecular flexibility index (Phi) is 5.08. The number of hydrogen-bond acceptors (Lipinski definition) is 7. The predicted octanol–water partition coefficient (Wildman–Crippen LogP) is 0.548. The molecular formula is C14H21N3O4. The number of aryl methyl sites for hydroxylation is 1. The Hall–Kier alpha value is -1.73.